The van der Waals surface area contributed by atoms with Crippen molar-refractivity contribution in [2.24, 2.45) is 0 Å². The standard InChI is InChI=1S/C12H17N3O2S/c1-18(17)6-2-5-15-11-4-3-9(13)7-10(11)14-12(15)8-16/h3-4,7,16H,2,5-6,8,13H2,1H3. The third kappa shape index (κ3) is 2.70. The highest BCUT2D eigenvalue weighted by Crippen LogP contribution is 2.19. The molecule has 18 heavy (non-hydrogen) atoms. The summed E-state index contributed by atoms with van der Waals surface area (Å²) < 4.78 is 13.0. The van der Waals surface area contributed by atoms with Crippen molar-refractivity contribution in [1.29, 1.82) is 0 Å². The monoisotopic (exact) mass is 267 g/mol. The van der Waals surface area contributed by atoms with Crippen LogP contribution in [0.25, 0.3) is 11.0 Å². The molecular formula is C12H17N3O2S. The van der Waals surface area contributed by atoms with E-state index in [1.54, 1.807) is 12.3 Å². The fourth-order valence-corrected chi connectivity index (χ4v) is 2.53. The molecule has 0 radical (unpaired) electrons. The van der Waals surface area contributed by atoms with Crippen molar-refractivity contribution in [2.45, 2.75) is 19.6 Å². The van der Waals surface area contributed by atoms with Gasteiger partial charge in [0, 0.05) is 35.0 Å². The second-order valence-electron chi connectivity index (χ2n) is 4.22. The van der Waals surface area contributed by atoms with Crippen molar-refractivity contribution in [3.63, 3.8) is 0 Å². The number of aromatic nitrogens is 2. The Morgan fingerprint density at radius 1 is 1.50 bits per heavy atom. The molecule has 2 aromatic rings. The lowest BCUT2D eigenvalue weighted by molar-refractivity contribution is 0.266. The Morgan fingerprint density at radius 3 is 2.94 bits per heavy atom. The van der Waals surface area contributed by atoms with Crippen LogP contribution >= 0.6 is 0 Å². The van der Waals surface area contributed by atoms with Crippen LogP contribution in [0.4, 0.5) is 5.69 Å². The Balaban J connectivity index is 2.31. The van der Waals surface area contributed by atoms with E-state index in [-0.39, 0.29) is 6.61 Å². The van der Waals surface area contributed by atoms with Crippen molar-refractivity contribution >= 4 is 27.5 Å². The van der Waals surface area contributed by atoms with E-state index in [0.717, 1.165) is 17.5 Å². The second-order valence-corrected chi connectivity index (χ2v) is 5.77. The van der Waals surface area contributed by atoms with E-state index in [9.17, 15) is 9.32 Å². The molecule has 0 saturated heterocycles. The highest BCUT2D eigenvalue weighted by molar-refractivity contribution is 7.84. The number of aliphatic hydroxyl groups is 1. The molecule has 0 fully saturated rings. The predicted octanol–water partition coefficient (Wildman–Crippen LogP) is 0.879. The third-order valence-corrected chi connectivity index (χ3v) is 3.67. The molecule has 0 aliphatic carbocycles. The van der Waals surface area contributed by atoms with E-state index in [2.05, 4.69) is 4.98 Å². The highest BCUT2D eigenvalue weighted by Gasteiger charge is 2.09. The molecule has 3 N–H and O–H groups in total. The van der Waals surface area contributed by atoms with Crippen LogP contribution in [0.5, 0.6) is 0 Å². The summed E-state index contributed by atoms with van der Waals surface area (Å²) in [5, 5.41) is 9.32. The van der Waals surface area contributed by atoms with E-state index in [4.69, 9.17) is 5.73 Å². The minimum atomic E-state index is -0.789. The average molecular weight is 267 g/mol. The summed E-state index contributed by atoms with van der Waals surface area (Å²) in [5.41, 5.74) is 8.11. The Morgan fingerprint density at radius 2 is 2.28 bits per heavy atom. The van der Waals surface area contributed by atoms with Gasteiger partial charge in [-0.05, 0) is 24.6 Å². The van der Waals surface area contributed by atoms with Gasteiger partial charge >= 0.3 is 0 Å². The van der Waals surface area contributed by atoms with Gasteiger partial charge in [0.2, 0.25) is 0 Å². The molecule has 1 aromatic carbocycles. The first-order valence-electron chi connectivity index (χ1n) is 5.77. The number of benzene rings is 1. The number of nitrogens with two attached hydrogens (primary N) is 1. The maximum Gasteiger partial charge on any atom is 0.135 e. The van der Waals surface area contributed by atoms with Gasteiger partial charge in [0.1, 0.15) is 12.4 Å². The van der Waals surface area contributed by atoms with E-state index in [1.165, 1.54) is 0 Å². The third-order valence-electron chi connectivity index (χ3n) is 2.81. The summed E-state index contributed by atoms with van der Waals surface area (Å²) in [6, 6.07) is 5.52. The van der Waals surface area contributed by atoms with Crippen LogP contribution in [0.2, 0.25) is 0 Å². The zero-order chi connectivity index (χ0) is 13.1. The largest absolute Gasteiger partial charge is 0.399 e. The molecule has 1 atom stereocenters. The number of anilines is 1. The molecule has 0 spiro atoms. The molecule has 1 heterocycles. The quantitative estimate of drug-likeness (QED) is 0.788. The number of imidazole rings is 1. The van der Waals surface area contributed by atoms with Gasteiger partial charge in [0.05, 0.1) is 11.0 Å². The zero-order valence-corrected chi connectivity index (χ0v) is 11.1. The molecule has 5 nitrogen and oxygen atoms in total. The number of nitrogen functional groups attached to an aromatic ring is 1. The fourth-order valence-electron chi connectivity index (χ4n) is 1.99. The smallest absolute Gasteiger partial charge is 0.135 e. The van der Waals surface area contributed by atoms with Crippen LogP contribution in [0, 0.1) is 0 Å². The Kier molecular flexibility index (Phi) is 3.98. The molecule has 98 valence electrons. The van der Waals surface area contributed by atoms with Crippen LogP contribution in [-0.4, -0.2) is 30.9 Å². The number of aliphatic hydroxyl groups excluding tert-OH is 1. The van der Waals surface area contributed by atoms with Crippen molar-refractivity contribution in [3.05, 3.63) is 24.0 Å². The Labute approximate surface area is 108 Å². The molecule has 1 aromatic heterocycles. The van der Waals surface area contributed by atoms with Crippen molar-refractivity contribution in [3.8, 4) is 0 Å². The second kappa shape index (κ2) is 5.49. The van der Waals surface area contributed by atoms with Gasteiger partial charge in [0.15, 0.2) is 0 Å². The lowest BCUT2D eigenvalue weighted by Crippen LogP contribution is -2.07. The summed E-state index contributed by atoms with van der Waals surface area (Å²) in [6.07, 6.45) is 2.49. The molecule has 0 aliphatic heterocycles. The first kappa shape index (κ1) is 13.0. The maximum atomic E-state index is 11.1. The Bertz CT molecular complexity index is 580. The molecule has 0 bridgehead atoms. The van der Waals surface area contributed by atoms with Gasteiger partial charge in [-0.25, -0.2) is 4.98 Å². The minimum Gasteiger partial charge on any atom is -0.399 e. The first-order valence-corrected chi connectivity index (χ1v) is 7.50. The van der Waals surface area contributed by atoms with Gasteiger partial charge in [-0.2, -0.15) is 0 Å². The fraction of sp³-hybridized carbons (Fsp3) is 0.417. The van der Waals surface area contributed by atoms with Gasteiger partial charge in [-0.1, -0.05) is 0 Å². The SMILES string of the molecule is CS(=O)CCCn1c(CO)nc2cc(N)ccc21. The number of nitrogens with zero attached hydrogens (tertiary/aromatic N) is 2. The van der Waals surface area contributed by atoms with Crippen LogP contribution in [0.15, 0.2) is 18.2 Å². The topological polar surface area (TPSA) is 81.1 Å². The van der Waals surface area contributed by atoms with Crippen molar-refractivity contribution in [1.82, 2.24) is 9.55 Å². The van der Waals surface area contributed by atoms with Crippen molar-refractivity contribution < 1.29 is 9.32 Å². The van der Waals surface area contributed by atoms with Gasteiger partial charge < -0.3 is 15.4 Å². The summed E-state index contributed by atoms with van der Waals surface area (Å²) >= 11 is 0. The van der Waals surface area contributed by atoms with Gasteiger partial charge in [-0.3, -0.25) is 4.21 Å². The Hall–Kier alpha value is -1.40. The number of fused-ring (bicyclic) bond motifs is 1. The zero-order valence-electron chi connectivity index (χ0n) is 10.3. The minimum absolute atomic E-state index is 0.107. The summed E-state index contributed by atoms with van der Waals surface area (Å²) in [7, 11) is -0.789. The average Bonchev–Trinajstić information content (AvgIpc) is 2.66. The lowest BCUT2D eigenvalue weighted by Gasteiger charge is -2.07. The summed E-state index contributed by atoms with van der Waals surface area (Å²) in [6.45, 7) is 0.597. The molecular weight excluding hydrogens is 250 g/mol. The van der Waals surface area contributed by atoms with Crippen LogP contribution < -0.4 is 5.73 Å². The molecule has 6 heteroatoms. The van der Waals surface area contributed by atoms with E-state index >= 15 is 0 Å². The van der Waals surface area contributed by atoms with Crippen molar-refractivity contribution in [2.75, 3.05) is 17.7 Å². The maximum absolute atomic E-state index is 11.1. The normalized spacial score (nSPS) is 13.0. The number of aryl methyl sites for hydroxylation is 1. The number of rotatable bonds is 5. The van der Waals surface area contributed by atoms with E-state index < -0.39 is 10.8 Å². The van der Waals surface area contributed by atoms with Crippen LogP contribution in [-0.2, 0) is 24.0 Å². The predicted molar refractivity (Wildman–Crippen MR) is 73.6 cm³/mol. The molecule has 0 saturated carbocycles. The number of hydrogen-bond donors (Lipinski definition) is 2. The highest BCUT2D eigenvalue weighted by atomic mass is 32.2. The molecule has 0 amide bonds. The lowest BCUT2D eigenvalue weighted by atomic mass is 10.3. The summed E-state index contributed by atoms with van der Waals surface area (Å²) in [5.74, 6) is 1.27. The van der Waals surface area contributed by atoms with E-state index in [1.807, 2.05) is 16.7 Å². The van der Waals surface area contributed by atoms with Crippen LogP contribution in [0.3, 0.4) is 0 Å². The molecule has 1 unspecified atom stereocenters. The van der Waals surface area contributed by atoms with E-state index in [0.29, 0.717) is 23.8 Å². The van der Waals surface area contributed by atoms with Crippen LogP contribution in [0.1, 0.15) is 12.2 Å². The van der Waals surface area contributed by atoms with Gasteiger partial charge in [0.25, 0.3) is 0 Å². The molecule has 2 rings (SSSR count). The molecule has 0 aliphatic rings. The number of hydrogen-bond acceptors (Lipinski definition) is 4. The summed E-state index contributed by atoms with van der Waals surface area (Å²) in [4.78, 5) is 4.35. The van der Waals surface area contributed by atoms with Gasteiger partial charge in [-0.15, -0.1) is 0 Å². The first-order chi connectivity index (χ1) is 8.61.